The molecular weight excluding hydrogens is 168 g/mol. The minimum atomic E-state index is -0.974. The third kappa shape index (κ3) is 6.75. The second-order valence-corrected chi connectivity index (χ2v) is 2.61. The first-order chi connectivity index (χ1) is 6.06. The predicted molar refractivity (Wildman–Crippen MR) is 50.4 cm³/mol. The fourth-order valence-electron chi connectivity index (χ4n) is 0.634. The summed E-state index contributed by atoms with van der Waals surface area (Å²) in [4.78, 5) is 20.3. The molecule has 70 valence electrons. The Hall–Kier alpha value is -1.64. The number of aliphatic carboxylic acids is 1. The van der Waals surface area contributed by atoms with E-state index in [1.54, 1.807) is 32.1 Å². The summed E-state index contributed by atoms with van der Waals surface area (Å²) in [6.45, 7) is 3.35. The zero-order valence-corrected chi connectivity index (χ0v) is 7.65. The quantitative estimate of drug-likeness (QED) is 0.407. The van der Waals surface area contributed by atoms with Crippen LogP contribution in [0.25, 0.3) is 0 Å². The van der Waals surface area contributed by atoms with Gasteiger partial charge in [0.15, 0.2) is 0 Å². The van der Waals surface area contributed by atoms with Gasteiger partial charge < -0.3 is 5.11 Å². The maximum absolute atomic E-state index is 10.2. The molecule has 13 heavy (non-hydrogen) atoms. The smallest absolute Gasteiger partial charge is 0.328 e. The first-order valence-electron chi connectivity index (χ1n) is 3.77. The van der Waals surface area contributed by atoms with Crippen molar-refractivity contribution in [2.45, 2.75) is 13.8 Å². The molecule has 0 amide bonds. The highest BCUT2D eigenvalue weighted by atomic mass is 16.4. The number of carboxylic acid groups (broad SMARTS) is 1. The second kappa shape index (κ2) is 5.94. The van der Waals surface area contributed by atoms with Gasteiger partial charge in [0, 0.05) is 6.08 Å². The molecule has 0 radical (unpaired) electrons. The van der Waals surface area contributed by atoms with Crippen molar-refractivity contribution < 1.29 is 14.7 Å². The van der Waals surface area contributed by atoms with Gasteiger partial charge in [-0.1, -0.05) is 18.2 Å². The topological polar surface area (TPSA) is 54.4 Å². The van der Waals surface area contributed by atoms with Crippen molar-refractivity contribution in [1.29, 1.82) is 0 Å². The number of hydrogen-bond acceptors (Lipinski definition) is 2. The van der Waals surface area contributed by atoms with Crippen LogP contribution in [-0.2, 0) is 9.59 Å². The summed E-state index contributed by atoms with van der Waals surface area (Å²) in [5.41, 5.74) is 1.22. The SMILES string of the molecule is C\C(C=O)=C/C=C/C(C)=C/C(=O)O. The molecule has 1 N–H and O–H groups in total. The molecule has 0 saturated heterocycles. The summed E-state index contributed by atoms with van der Waals surface area (Å²) < 4.78 is 0. The molecule has 3 nitrogen and oxygen atoms in total. The van der Waals surface area contributed by atoms with Gasteiger partial charge in [0.2, 0.25) is 0 Å². The number of rotatable bonds is 4. The zero-order valence-electron chi connectivity index (χ0n) is 7.65. The van der Waals surface area contributed by atoms with Crippen LogP contribution >= 0.6 is 0 Å². The van der Waals surface area contributed by atoms with Crippen LogP contribution in [0.2, 0.25) is 0 Å². The Morgan fingerprint density at radius 3 is 2.31 bits per heavy atom. The maximum Gasteiger partial charge on any atom is 0.328 e. The van der Waals surface area contributed by atoms with Crippen LogP contribution in [-0.4, -0.2) is 17.4 Å². The number of carboxylic acids is 1. The predicted octanol–water partition coefficient (Wildman–Crippen LogP) is 1.72. The highest BCUT2D eigenvalue weighted by Crippen LogP contribution is 1.96. The van der Waals surface area contributed by atoms with E-state index in [0.717, 1.165) is 12.4 Å². The van der Waals surface area contributed by atoms with Gasteiger partial charge in [-0.2, -0.15) is 0 Å². The van der Waals surface area contributed by atoms with Crippen LogP contribution in [0.1, 0.15) is 13.8 Å². The van der Waals surface area contributed by atoms with Crippen LogP contribution in [0, 0.1) is 0 Å². The van der Waals surface area contributed by atoms with E-state index in [9.17, 15) is 9.59 Å². The molecule has 0 rings (SSSR count). The lowest BCUT2D eigenvalue weighted by molar-refractivity contribution is -0.131. The van der Waals surface area contributed by atoms with Crippen LogP contribution in [0.15, 0.2) is 35.5 Å². The summed E-state index contributed by atoms with van der Waals surface area (Å²) >= 11 is 0. The highest BCUT2D eigenvalue weighted by molar-refractivity contribution is 5.81. The van der Waals surface area contributed by atoms with Crippen molar-refractivity contribution in [1.82, 2.24) is 0 Å². The Morgan fingerprint density at radius 1 is 1.23 bits per heavy atom. The molecule has 0 aliphatic carbocycles. The monoisotopic (exact) mass is 180 g/mol. The highest BCUT2D eigenvalue weighted by Gasteiger charge is 1.88. The summed E-state index contributed by atoms with van der Waals surface area (Å²) in [6, 6.07) is 0. The van der Waals surface area contributed by atoms with E-state index in [-0.39, 0.29) is 0 Å². The minimum Gasteiger partial charge on any atom is -0.478 e. The van der Waals surface area contributed by atoms with E-state index in [1.807, 2.05) is 0 Å². The Kier molecular flexibility index (Phi) is 5.19. The molecule has 0 spiro atoms. The minimum absolute atomic E-state index is 0.597. The lowest BCUT2D eigenvalue weighted by atomic mass is 10.2. The fourth-order valence-corrected chi connectivity index (χ4v) is 0.634. The normalized spacial score (nSPS) is 13.4. The first-order valence-corrected chi connectivity index (χ1v) is 3.77. The Morgan fingerprint density at radius 2 is 1.85 bits per heavy atom. The molecule has 0 aromatic carbocycles. The van der Waals surface area contributed by atoms with Crippen molar-refractivity contribution in [3.63, 3.8) is 0 Å². The van der Waals surface area contributed by atoms with Crippen LogP contribution in [0.4, 0.5) is 0 Å². The van der Waals surface area contributed by atoms with Crippen molar-refractivity contribution in [3.05, 3.63) is 35.5 Å². The van der Waals surface area contributed by atoms with E-state index in [4.69, 9.17) is 5.11 Å². The zero-order chi connectivity index (χ0) is 10.3. The first kappa shape index (κ1) is 11.4. The van der Waals surface area contributed by atoms with Crippen molar-refractivity contribution >= 4 is 12.3 Å². The molecule has 0 aromatic rings. The van der Waals surface area contributed by atoms with Gasteiger partial charge in [-0.25, -0.2) is 4.79 Å². The lowest BCUT2D eigenvalue weighted by Gasteiger charge is -1.87. The number of carbonyl (C=O) groups is 2. The molecule has 0 aliphatic rings. The van der Waals surface area contributed by atoms with E-state index >= 15 is 0 Å². The molecule has 0 fully saturated rings. The van der Waals surface area contributed by atoms with Crippen molar-refractivity contribution in [3.8, 4) is 0 Å². The van der Waals surface area contributed by atoms with Crippen LogP contribution in [0.5, 0.6) is 0 Å². The molecular formula is C10H12O3. The van der Waals surface area contributed by atoms with Crippen molar-refractivity contribution in [2.24, 2.45) is 0 Å². The standard InChI is InChI=1S/C10H12O3/c1-8(6-10(12)13)4-3-5-9(2)7-11/h3-7H,1-2H3,(H,12,13)/b4-3+,8-6+,9-5+. The number of aldehydes is 1. The van der Waals surface area contributed by atoms with Gasteiger partial charge in [0.1, 0.15) is 6.29 Å². The van der Waals surface area contributed by atoms with Gasteiger partial charge >= 0.3 is 5.97 Å². The van der Waals surface area contributed by atoms with E-state index in [2.05, 4.69) is 0 Å². The average molecular weight is 180 g/mol. The Balaban J connectivity index is 4.28. The summed E-state index contributed by atoms with van der Waals surface area (Å²) in [5.74, 6) is -0.974. The van der Waals surface area contributed by atoms with Crippen LogP contribution in [0.3, 0.4) is 0 Å². The Labute approximate surface area is 77.1 Å². The largest absolute Gasteiger partial charge is 0.478 e. The van der Waals surface area contributed by atoms with Gasteiger partial charge in [-0.3, -0.25) is 4.79 Å². The van der Waals surface area contributed by atoms with Crippen molar-refractivity contribution in [2.75, 3.05) is 0 Å². The molecule has 0 bridgehead atoms. The van der Waals surface area contributed by atoms with Gasteiger partial charge in [-0.05, 0) is 25.0 Å². The lowest BCUT2D eigenvalue weighted by Crippen LogP contribution is -1.87. The van der Waals surface area contributed by atoms with E-state index in [0.29, 0.717) is 11.1 Å². The second-order valence-electron chi connectivity index (χ2n) is 2.61. The molecule has 0 heterocycles. The van der Waals surface area contributed by atoms with Gasteiger partial charge in [0.05, 0.1) is 0 Å². The molecule has 0 atom stereocenters. The summed E-state index contributed by atoms with van der Waals surface area (Å²) in [7, 11) is 0. The molecule has 0 aromatic heterocycles. The summed E-state index contributed by atoms with van der Waals surface area (Å²) in [6.07, 6.45) is 6.72. The molecule has 3 heteroatoms. The van der Waals surface area contributed by atoms with E-state index in [1.165, 1.54) is 0 Å². The van der Waals surface area contributed by atoms with Gasteiger partial charge in [-0.15, -0.1) is 0 Å². The van der Waals surface area contributed by atoms with E-state index < -0.39 is 5.97 Å². The third-order valence-corrected chi connectivity index (χ3v) is 1.26. The molecule has 0 unspecified atom stereocenters. The fraction of sp³-hybridized carbons (Fsp3) is 0.200. The summed E-state index contributed by atoms with van der Waals surface area (Å²) in [5, 5.41) is 8.36. The number of carbonyl (C=O) groups excluding carboxylic acids is 1. The number of hydrogen-bond donors (Lipinski definition) is 1. The third-order valence-electron chi connectivity index (χ3n) is 1.26. The van der Waals surface area contributed by atoms with Gasteiger partial charge in [0.25, 0.3) is 0 Å². The maximum atomic E-state index is 10.2. The van der Waals surface area contributed by atoms with Crippen LogP contribution < -0.4 is 0 Å². The average Bonchev–Trinajstić information content (AvgIpc) is 2.02. The molecule has 0 saturated carbocycles. The molecule has 0 aliphatic heterocycles. The Bertz CT molecular complexity index is 283. The number of allylic oxidation sites excluding steroid dienone is 5.